The van der Waals surface area contributed by atoms with Crippen LogP contribution in [-0.2, 0) is 0 Å². The number of halogens is 2. The van der Waals surface area contributed by atoms with Gasteiger partial charge >= 0.3 is 0 Å². The third kappa shape index (κ3) is 1.96. The minimum Gasteiger partial charge on any atom is -0.396 e. The van der Waals surface area contributed by atoms with Crippen molar-refractivity contribution in [1.82, 2.24) is 9.55 Å². The van der Waals surface area contributed by atoms with Crippen molar-refractivity contribution < 1.29 is 8.78 Å². The second-order valence-corrected chi connectivity index (χ2v) is 5.41. The van der Waals surface area contributed by atoms with Crippen LogP contribution in [0.25, 0.3) is 22.4 Å². The lowest BCUT2D eigenvalue weighted by atomic mass is 10.2. The van der Waals surface area contributed by atoms with Crippen LogP contribution < -0.4 is 5.73 Å². The van der Waals surface area contributed by atoms with Gasteiger partial charge in [0.15, 0.2) is 0 Å². The Labute approximate surface area is 120 Å². The Kier molecular flexibility index (Phi) is 2.51. The Morgan fingerprint density at radius 2 is 1.90 bits per heavy atom. The van der Waals surface area contributed by atoms with Gasteiger partial charge in [-0.05, 0) is 49.2 Å². The van der Waals surface area contributed by atoms with Gasteiger partial charge in [0.1, 0.15) is 17.5 Å². The summed E-state index contributed by atoms with van der Waals surface area (Å²) in [6.07, 6.45) is 2.07. The molecule has 0 amide bonds. The van der Waals surface area contributed by atoms with Crippen LogP contribution in [0.3, 0.4) is 0 Å². The molecule has 0 unspecified atom stereocenters. The molecule has 2 N–H and O–H groups in total. The molecule has 0 bridgehead atoms. The highest BCUT2D eigenvalue weighted by Gasteiger charge is 2.29. The summed E-state index contributed by atoms with van der Waals surface area (Å²) < 4.78 is 29.2. The molecule has 0 spiro atoms. The summed E-state index contributed by atoms with van der Waals surface area (Å²) in [5.41, 5.74) is 7.76. The van der Waals surface area contributed by atoms with E-state index in [9.17, 15) is 8.78 Å². The molecule has 21 heavy (non-hydrogen) atoms. The number of nitrogen functional groups attached to an aromatic ring is 1. The van der Waals surface area contributed by atoms with Gasteiger partial charge in [-0.25, -0.2) is 13.8 Å². The highest BCUT2D eigenvalue weighted by Crippen LogP contribution is 2.41. The summed E-state index contributed by atoms with van der Waals surface area (Å²) in [6, 6.07) is 9.49. The zero-order valence-corrected chi connectivity index (χ0v) is 11.2. The van der Waals surface area contributed by atoms with Crippen molar-refractivity contribution in [2.75, 3.05) is 5.73 Å². The van der Waals surface area contributed by atoms with E-state index in [4.69, 9.17) is 5.73 Å². The van der Waals surface area contributed by atoms with Crippen molar-refractivity contribution in [3.05, 3.63) is 48.0 Å². The minimum absolute atomic E-state index is 0.110. The Bertz CT molecular complexity index is 850. The monoisotopic (exact) mass is 285 g/mol. The van der Waals surface area contributed by atoms with Gasteiger partial charge in [-0.1, -0.05) is 0 Å². The van der Waals surface area contributed by atoms with Gasteiger partial charge in [-0.2, -0.15) is 0 Å². The molecule has 0 radical (unpaired) electrons. The molecular weight excluding hydrogens is 272 g/mol. The Hall–Kier alpha value is -2.43. The summed E-state index contributed by atoms with van der Waals surface area (Å²) in [7, 11) is 0. The van der Waals surface area contributed by atoms with Crippen molar-refractivity contribution in [2.24, 2.45) is 0 Å². The first-order chi connectivity index (χ1) is 10.1. The van der Waals surface area contributed by atoms with Crippen LogP contribution in [0.15, 0.2) is 36.4 Å². The van der Waals surface area contributed by atoms with E-state index in [1.807, 2.05) is 4.57 Å². The van der Waals surface area contributed by atoms with Crippen LogP contribution in [0.2, 0.25) is 0 Å². The standard InChI is InChI=1S/C16H13F2N3/c17-10-2-6-14-15(8-10)21(11-3-4-11)16(20-14)9-1-5-13(19)12(18)7-9/h1-2,5-8,11H,3-4,19H2. The van der Waals surface area contributed by atoms with E-state index in [2.05, 4.69) is 4.98 Å². The van der Waals surface area contributed by atoms with Gasteiger partial charge in [-0.15, -0.1) is 0 Å². The van der Waals surface area contributed by atoms with Gasteiger partial charge in [0.2, 0.25) is 0 Å². The zero-order valence-electron chi connectivity index (χ0n) is 11.2. The smallest absolute Gasteiger partial charge is 0.146 e. The van der Waals surface area contributed by atoms with E-state index in [-0.39, 0.29) is 11.5 Å². The maximum Gasteiger partial charge on any atom is 0.146 e. The summed E-state index contributed by atoms with van der Waals surface area (Å²) in [4.78, 5) is 4.54. The van der Waals surface area contributed by atoms with Gasteiger partial charge < -0.3 is 10.3 Å². The van der Waals surface area contributed by atoms with Gasteiger partial charge in [-0.3, -0.25) is 0 Å². The average molecular weight is 285 g/mol. The van der Waals surface area contributed by atoms with Gasteiger partial charge in [0, 0.05) is 11.6 Å². The quantitative estimate of drug-likeness (QED) is 0.726. The molecule has 2 aromatic carbocycles. The van der Waals surface area contributed by atoms with Gasteiger partial charge in [0.25, 0.3) is 0 Å². The second kappa shape index (κ2) is 4.28. The summed E-state index contributed by atoms with van der Waals surface area (Å²) in [5.74, 6) is -0.0931. The minimum atomic E-state index is -0.465. The lowest BCUT2D eigenvalue weighted by Gasteiger charge is -2.08. The molecule has 5 heteroatoms. The average Bonchev–Trinajstić information content (AvgIpc) is 3.23. The Morgan fingerprint density at radius 3 is 2.62 bits per heavy atom. The molecule has 106 valence electrons. The van der Waals surface area contributed by atoms with Crippen molar-refractivity contribution in [3.63, 3.8) is 0 Å². The summed E-state index contributed by atoms with van der Waals surface area (Å²) in [5, 5.41) is 0. The van der Waals surface area contributed by atoms with Crippen molar-refractivity contribution in [1.29, 1.82) is 0 Å². The fraction of sp³-hybridized carbons (Fsp3) is 0.188. The highest BCUT2D eigenvalue weighted by molar-refractivity contribution is 5.81. The number of fused-ring (bicyclic) bond motifs is 1. The highest BCUT2D eigenvalue weighted by atomic mass is 19.1. The molecule has 1 heterocycles. The van der Waals surface area contributed by atoms with E-state index in [0.717, 1.165) is 23.9 Å². The van der Waals surface area contributed by atoms with Crippen molar-refractivity contribution >= 4 is 16.7 Å². The molecule has 0 atom stereocenters. The van der Waals surface area contributed by atoms with Crippen LogP contribution >= 0.6 is 0 Å². The SMILES string of the molecule is Nc1ccc(-c2nc3ccc(F)cc3n2C2CC2)cc1F. The molecule has 1 fully saturated rings. The van der Waals surface area contributed by atoms with E-state index in [0.29, 0.717) is 17.4 Å². The number of anilines is 1. The third-order valence-corrected chi connectivity index (χ3v) is 3.82. The predicted molar refractivity (Wildman–Crippen MR) is 77.8 cm³/mol. The lowest BCUT2D eigenvalue weighted by Crippen LogP contribution is -1.99. The van der Waals surface area contributed by atoms with Crippen LogP contribution in [0, 0.1) is 11.6 Å². The first-order valence-electron chi connectivity index (χ1n) is 6.86. The normalized spacial score (nSPS) is 14.8. The molecule has 3 nitrogen and oxygen atoms in total. The van der Waals surface area contributed by atoms with E-state index in [1.54, 1.807) is 12.1 Å². The third-order valence-electron chi connectivity index (χ3n) is 3.82. The fourth-order valence-electron chi connectivity index (χ4n) is 2.64. The molecule has 4 rings (SSSR count). The molecule has 1 aliphatic rings. The van der Waals surface area contributed by atoms with Crippen LogP contribution in [0.5, 0.6) is 0 Å². The molecule has 3 aromatic rings. The van der Waals surface area contributed by atoms with E-state index in [1.165, 1.54) is 24.3 Å². The number of hydrogen-bond acceptors (Lipinski definition) is 2. The first-order valence-corrected chi connectivity index (χ1v) is 6.86. The number of hydrogen-bond donors (Lipinski definition) is 1. The predicted octanol–water partition coefficient (Wildman–Crippen LogP) is 3.90. The molecule has 1 aliphatic carbocycles. The van der Waals surface area contributed by atoms with Crippen LogP contribution in [-0.4, -0.2) is 9.55 Å². The second-order valence-electron chi connectivity index (χ2n) is 5.41. The molecule has 0 saturated heterocycles. The van der Waals surface area contributed by atoms with Crippen LogP contribution in [0.4, 0.5) is 14.5 Å². The fourth-order valence-corrected chi connectivity index (χ4v) is 2.64. The maximum atomic E-state index is 13.7. The zero-order chi connectivity index (χ0) is 14.6. The van der Waals surface area contributed by atoms with Gasteiger partial charge in [0.05, 0.1) is 16.7 Å². The van der Waals surface area contributed by atoms with E-state index >= 15 is 0 Å². The topological polar surface area (TPSA) is 43.8 Å². The largest absolute Gasteiger partial charge is 0.396 e. The van der Waals surface area contributed by atoms with Crippen LogP contribution in [0.1, 0.15) is 18.9 Å². The summed E-state index contributed by atoms with van der Waals surface area (Å²) in [6.45, 7) is 0. The number of imidazole rings is 1. The summed E-state index contributed by atoms with van der Waals surface area (Å²) >= 11 is 0. The van der Waals surface area contributed by atoms with Crippen molar-refractivity contribution in [3.8, 4) is 11.4 Å². The van der Waals surface area contributed by atoms with Crippen molar-refractivity contribution in [2.45, 2.75) is 18.9 Å². The number of nitrogens with two attached hydrogens (primary N) is 1. The molecule has 0 aliphatic heterocycles. The maximum absolute atomic E-state index is 13.7. The number of nitrogens with zero attached hydrogens (tertiary/aromatic N) is 2. The lowest BCUT2D eigenvalue weighted by molar-refractivity contribution is 0.627. The molecule has 1 saturated carbocycles. The Balaban J connectivity index is 1.99. The van der Waals surface area contributed by atoms with E-state index < -0.39 is 5.82 Å². The molecule has 1 aromatic heterocycles. The number of rotatable bonds is 2. The number of benzene rings is 2. The molecular formula is C16H13F2N3. The Morgan fingerprint density at radius 1 is 1.10 bits per heavy atom. The number of aromatic nitrogens is 2. The first kappa shape index (κ1) is 12.3.